The average molecular weight is 349 g/mol. The highest BCUT2D eigenvalue weighted by atomic mass is 16.5. The van der Waals surface area contributed by atoms with Crippen LogP contribution in [0.15, 0.2) is 48.5 Å². The van der Waals surface area contributed by atoms with Gasteiger partial charge in [-0.1, -0.05) is 36.4 Å². The first-order valence-electron chi connectivity index (χ1n) is 9.51. The number of amides is 1. The monoisotopic (exact) mass is 349 g/mol. The summed E-state index contributed by atoms with van der Waals surface area (Å²) in [4.78, 5) is 13.4. The van der Waals surface area contributed by atoms with Gasteiger partial charge in [-0.25, -0.2) is 0 Å². The van der Waals surface area contributed by atoms with Gasteiger partial charge in [-0.05, 0) is 43.2 Å². The number of hydrogen-bond acceptors (Lipinski definition) is 3. The van der Waals surface area contributed by atoms with Crippen LogP contribution in [0, 0.1) is 5.41 Å². The molecular weight excluding hydrogens is 326 g/mol. The topological polar surface area (TPSA) is 47.6 Å². The Morgan fingerprint density at radius 2 is 1.54 bits per heavy atom. The van der Waals surface area contributed by atoms with E-state index in [9.17, 15) is 4.79 Å². The maximum absolute atomic E-state index is 13.4. The number of carbonyl (C=O) groups excluding carboxylic acids is 1. The lowest BCUT2D eigenvalue weighted by Gasteiger charge is -2.52. The van der Waals surface area contributed by atoms with E-state index < -0.39 is 0 Å². The van der Waals surface area contributed by atoms with Gasteiger partial charge in [0.2, 0.25) is 5.91 Å². The predicted molar refractivity (Wildman–Crippen MR) is 98.5 cm³/mol. The van der Waals surface area contributed by atoms with Crippen LogP contribution < -0.4 is 10.1 Å². The van der Waals surface area contributed by atoms with Crippen LogP contribution in [-0.2, 0) is 9.53 Å². The molecule has 2 fully saturated rings. The first-order chi connectivity index (χ1) is 12.8. The molecule has 1 saturated heterocycles. The van der Waals surface area contributed by atoms with E-state index in [-0.39, 0.29) is 23.3 Å². The van der Waals surface area contributed by atoms with Gasteiger partial charge in [-0.3, -0.25) is 4.79 Å². The van der Waals surface area contributed by atoms with Gasteiger partial charge in [0.15, 0.2) is 0 Å². The number of rotatable bonds is 2. The van der Waals surface area contributed by atoms with Crippen LogP contribution in [0.1, 0.15) is 42.7 Å². The van der Waals surface area contributed by atoms with Crippen LogP contribution in [0.25, 0.3) is 0 Å². The number of fused-ring (bicyclic) bond motifs is 2. The lowest BCUT2D eigenvalue weighted by Crippen LogP contribution is -2.58. The van der Waals surface area contributed by atoms with E-state index >= 15 is 0 Å². The van der Waals surface area contributed by atoms with Crippen molar-refractivity contribution in [3.8, 4) is 11.5 Å². The standard InChI is InChI=1S/C22H23NO3/c24-21(23-19-9-10-22(19)11-13-25-14-12-22)20-15-5-1-3-7-17(15)26-18-8-4-2-6-16(18)20/h1-8,19-20H,9-14H2,(H,23,24). The van der Waals surface area contributed by atoms with Crippen LogP contribution in [0.5, 0.6) is 11.5 Å². The molecule has 2 heterocycles. The Bertz CT molecular complexity index is 795. The minimum Gasteiger partial charge on any atom is -0.457 e. The molecule has 2 aromatic carbocycles. The van der Waals surface area contributed by atoms with Crippen molar-refractivity contribution in [1.29, 1.82) is 0 Å². The summed E-state index contributed by atoms with van der Waals surface area (Å²) in [7, 11) is 0. The summed E-state index contributed by atoms with van der Waals surface area (Å²) >= 11 is 0. The highest BCUT2D eigenvalue weighted by molar-refractivity contribution is 5.90. The molecule has 1 atom stereocenters. The number of ether oxygens (including phenoxy) is 2. The van der Waals surface area contributed by atoms with Crippen molar-refractivity contribution >= 4 is 5.91 Å². The lowest BCUT2D eigenvalue weighted by molar-refractivity contribution is -0.127. The van der Waals surface area contributed by atoms with Crippen LogP contribution >= 0.6 is 0 Å². The Hall–Kier alpha value is -2.33. The molecule has 134 valence electrons. The van der Waals surface area contributed by atoms with Gasteiger partial charge in [0.05, 0.1) is 5.92 Å². The Kier molecular flexibility index (Phi) is 3.75. The van der Waals surface area contributed by atoms with Gasteiger partial charge in [-0.15, -0.1) is 0 Å². The van der Waals surface area contributed by atoms with E-state index in [1.54, 1.807) is 0 Å². The zero-order valence-corrected chi connectivity index (χ0v) is 14.7. The molecule has 2 aliphatic heterocycles. The molecule has 1 aliphatic carbocycles. The summed E-state index contributed by atoms with van der Waals surface area (Å²) in [6, 6.07) is 16.0. The summed E-state index contributed by atoms with van der Waals surface area (Å²) < 4.78 is 11.6. The van der Waals surface area contributed by atoms with Crippen LogP contribution in [-0.4, -0.2) is 25.2 Å². The van der Waals surface area contributed by atoms with E-state index in [1.807, 2.05) is 48.5 Å². The average Bonchev–Trinajstić information content (AvgIpc) is 2.69. The van der Waals surface area contributed by atoms with Crippen molar-refractivity contribution < 1.29 is 14.3 Å². The number of hydrogen-bond donors (Lipinski definition) is 1. The summed E-state index contributed by atoms with van der Waals surface area (Å²) in [5.74, 6) is 1.33. The van der Waals surface area contributed by atoms with Crippen LogP contribution in [0.3, 0.4) is 0 Å². The molecule has 0 radical (unpaired) electrons. The van der Waals surface area contributed by atoms with Gasteiger partial charge in [0.1, 0.15) is 11.5 Å². The molecule has 2 aromatic rings. The highest BCUT2D eigenvalue weighted by Crippen LogP contribution is 2.50. The van der Waals surface area contributed by atoms with Crippen LogP contribution in [0.4, 0.5) is 0 Å². The van der Waals surface area contributed by atoms with Gasteiger partial charge < -0.3 is 14.8 Å². The molecule has 0 aromatic heterocycles. The molecule has 1 saturated carbocycles. The zero-order chi connectivity index (χ0) is 17.6. The third kappa shape index (κ3) is 2.43. The first-order valence-corrected chi connectivity index (χ1v) is 9.51. The van der Waals surface area contributed by atoms with Gasteiger partial charge in [0.25, 0.3) is 0 Å². The SMILES string of the molecule is O=C(NC1CCC12CCOCC2)C1c2ccccc2Oc2ccccc21. The normalized spacial score (nSPS) is 23.3. The molecule has 0 bridgehead atoms. The van der Waals surface area contributed by atoms with Crippen molar-refractivity contribution in [2.24, 2.45) is 5.41 Å². The second-order valence-electron chi connectivity index (χ2n) is 7.69. The summed E-state index contributed by atoms with van der Waals surface area (Å²) in [6.07, 6.45) is 4.37. The Labute approximate surface area is 153 Å². The molecule has 1 unspecified atom stereocenters. The van der Waals surface area contributed by atoms with Gasteiger partial charge in [-0.2, -0.15) is 0 Å². The third-order valence-corrected chi connectivity index (χ3v) is 6.42. The Morgan fingerprint density at radius 1 is 0.923 bits per heavy atom. The number of benzene rings is 2. The molecule has 4 nitrogen and oxygen atoms in total. The number of nitrogens with one attached hydrogen (secondary N) is 1. The number of para-hydroxylation sites is 2. The van der Waals surface area contributed by atoms with Crippen molar-refractivity contribution in [2.45, 2.75) is 37.6 Å². The maximum Gasteiger partial charge on any atom is 0.232 e. The largest absolute Gasteiger partial charge is 0.457 e. The first kappa shape index (κ1) is 15.9. The molecule has 1 amide bonds. The summed E-state index contributed by atoms with van der Waals surface area (Å²) in [6.45, 7) is 1.63. The second kappa shape index (κ2) is 6.13. The van der Waals surface area contributed by atoms with Crippen molar-refractivity contribution in [3.63, 3.8) is 0 Å². The van der Waals surface area contributed by atoms with Crippen molar-refractivity contribution in [1.82, 2.24) is 5.32 Å². The van der Waals surface area contributed by atoms with E-state index in [0.29, 0.717) is 0 Å². The Balaban J connectivity index is 1.45. The fourth-order valence-electron chi connectivity index (χ4n) is 4.75. The van der Waals surface area contributed by atoms with Gasteiger partial charge in [0, 0.05) is 30.4 Å². The van der Waals surface area contributed by atoms with E-state index in [2.05, 4.69) is 5.32 Å². The highest BCUT2D eigenvalue weighted by Gasteiger charge is 2.48. The van der Waals surface area contributed by atoms with E-state index in [0.717, 1.165) is 55.1 Å². The van der Waals surface area contributed by atoms with Gasteiger partial charge >= 0.3 is 0 Å². The molecule has 1 N–H and O–H groups in total. The quantitative estimate of drug-likeness (QED) is 0.891. The fourth-order valence-corrected chi connectivity index (χ4v) is 4.75. The smallest absolute Gasteiger partial charge is 0.232 e. The molecule has 5 rings (SSSR count). The molecule has 26 heavy (non-hydrogen) atoms. The zero-order valence-electron chi connectivity index (χ0n) is 14.7. The summed E-state index contributed by atoms with van der Waals surface area (Å²) in [5.41, 5.74) is 2.14. The molecule has 1 spiro atoms. The van der Waals surface area contributed by atoms with E-state index in [4.69, 9.17) is 9.47 Å². The Morgan fingerprint density at radius 3 is 2.12 bits per heavy atom. The summed E-state index contributed by atoms with van der Waals surface area (Å²) in [5, 5.41) is 3.38. The second-order valence-corrected chi connectivity index (χ2v) is 7.69. The fraction of sp³-hybridized carbons (Fsp3) is 0.409. The number of carbonyl (C=O) groups is 1. The van der Waals surface area contributed by atoms with Crippen LogP contribution in [0.2, 0.25) is 0 Å². The lowest BCUT2D eigenvalue weighted by atomic mass is 9.60. The minimum atomic E-state index is -0.311. The molecule has 3 aliphatic rings. The molecular formula is C22H23NO3. The maximum atomic E-state index is 13.4. The minimum absolute atomic E-state index is 0.0868. The predicted octanol–water partition coefficient (Wildman–Crippen LogP) is 4.00. The van der Waals surface area contributed by atoms with Crippen molar-refractivity contribution in [3.05, 3.63) is 59.7 Å². The van der Waals surface area contributed by atoms with E-state index in [1.165, 1.54) is 6.42 Å². The molecule has 4 heteroatoms. The third-order valence-electron chi connectivity index (χ3n) is 6.42. The van der Waals surface area contributed by atoms with Crippen molar-refractivity contribution in [2.75, 3.05) is 13.2 Å².